The Labute approximate surface area is 225 Å². The third-order valence-electron chi connectivity index (χ3n) is 6.35. The molecule has 0 bridgehead atoms. The van der Waals surface area contributed by atoms with Crippen molar-refractivity contribution in [2.45, 2.75) is 27.2 Å². The van der Waals surface area contributed by atoms with Gasteiger partial charge in [0.05, 0.1) is 24.7 Å². The number of thioether (sulfide) groups is 1. The van der Waals surface area contributed by atoms with E-state index in [1.807, 2.05) is 56.0 Å². The van der Waals surface area contributed by atoms with Crippen LogP contribution in [0, 0.1) is 6.92 Å². The normalized spacial score (nSPS) is 14.6. The van der Waals surface area contributed by atoms with Crippen LogP contribution in [-0.2, 0) is 11.2 Å². The lowest BCUT2D eigenvalue weighted by Crippen LogP contribution is -2.31. The zero-order valence-corrected chi connectivity index (χ0v) is 23.2. The molecule has 1 saturated heterocycles. The highest BCUT2D eigenvalue weighted by Crippen LogP contribution is 2.34. The summed E-state index contributed by atoms with van der Waals surface area (Å²) in [5.74, 6) is 1.64. The lowest BCUT2D eigenvalue weighted by Gasteiger charge is -2.22. The van der Waals surface area contributed by atoms with Crippen molar-refractivity contribution in [3.05, 3.63) is 68.5 Å². The summed E-state index contributed by atoms with van der Waals surface area (Å²) in [5, 5.41) is 0. The second kappa shape index (κ2) is 11.4. The van der Waals surface area contributed by atoms with Crippen LogP contribution in [0.5, 0.6) is 11.5 Å². The van der Waals surface area contributed by atoms with Gasteiger partial charge in [0.25, 0.3) is 11.5 Å². The molecule has 1 fully saturated rings. The molecule has 3 aromatic rings. The van der Waals surface area contributed by atoms with Crippen molar-refractivity contribution in [2.75, 3.05) is 38.8 Å². The summed E-state index contributed by atoms with van der Waals surface area (Å²) in [4.78, 5) is 35.8. The van der Waals surface area contributed by atoms with Gasteiger partial charge in [-0.2, -0.15) is 0 Å². The lowest BCUT2D eigenvalue weighted by molar-refractivity contribution is -0.122. The average Bonchev–Trinajstić information content (AvgIpc) is 3.17. The van der Waals surface area contributed by atoms with E-state index in [9.17, 15) is 9.59 Å². The van der Waals surface area contributed by atoms with Gasteiger partial charge in [-0.1, -0.05) is 36.1 Å². The topological polar surface area (TPSA) is 76.4 Å². The Morgan fingerprint density at radius 2 is 1.84 bits per heavy atom. The number of thiocarbonyl (C=S) groups is 1. The molecule has 37 heavy (non-hydrogen) atoms. The number of anilines is 1. The smallest absolute Gasteiger partial charge is 0.267 e. The van der Waals surface area contributed by atoms with Crippen molar-refractivity contribution in [2.24, 2.45) is 0 Å². The fraction of sp³-hybridized carbons (Fsp3) is 0.333. The van der Waals surface area contributed by atoms with E-state index in [0.717, 1.165) is 11.1 Å². The fourth-order valence-electron chi connectivity index (χ4n) is 4.29. The van der Waals surface area contributed by atoms with Gasteiger partial charge in [0.15, 0.2) is 11.5 Å². The van der Waals surface area contributed by atoms with Gasteiger partial charge >= 0.3 is 0 Å². The summed E-state index contributed by atoms with van der Waals surface area (Å²) in [5.41, 5.74) is 2.67. The number of methoxy groups -OCH3 is 2. The van der Waals surface area contributed by atoms with Crippen LogP contribution < -0.4 is 19.9 Å². The van der Waals surface area contributed by atoms with Crippen LogP contribution in [0.15, 0.2) is 46.2 Å². The van der Waals surface area contributed by atoms with Gasteiger partial charge in [-0.05, 0) is 62.6 Å². The molecule has 1 aromatic carbocycles. The molecule has 4 rings (SSSR count). The summed E-state index contributed by atoms with van der Waals surface area (Å²) in [7, 11) is 3.18. The van der Waals surface area contributed by atoms with Gasteiger partial charge < -0.3 is 14.4 Å². The standard InChI is InChI=1S/C27H30N4O4S2/c1-6-29(7-2)24-19(25(32)30-13-8-9-17(3)23(30)28-24)16-22-26(33)31(27(36)37-22)14-12-18-10-11-20(34-4)21(15-18)35-5/h8-11,13,15-16H,6-7,12,14H2,1-5H3. The Balaban J connectivity index is 1.67. The number of hydrogen-bond acceptors (Lipinski definition) is 8. The van der Waals surface area contributed by atoms with Crippen molar-refractivity contribution < 1.29 is 14.3 Å². The fourth-order valence-corrected chi connectivity index (χ4v) is 5.58. The molecule has 1 aliphatic rings. The molecule has 0 spiro atoms. The van der Waals surface area contributed by atoms with Crippen molar-refractivity contribution >= 4 is 51.7 Å². The Morgan fingerprint density at radius 3 is 2.51 bits per heavy atom. The number of aryl methyl sites for hydroxylation is 1. The maximum Gasteiger partial charge on any atom is 0.267 e. The number of carbonyl (C=O) groups is 1. The molecule has 10 heteroatoms. The molecule has 0 radical (unpaired) electrons. The minimum Gasteiger partial charge on any atom is -0.493 e. The average molecular weight is 539 g/mol. The van der Waals surface area contributed by atoms with Gasteiger partial charge in [-0.15, -0.1) is 0 Å². The number of aromatic nitrogens is 2. The van der Waals surface area contributed by atoms with Crippen LogP contribution in [0.1, 0.15) is 30.5 Å². The number of rotatable bonds is 9. The highest BCUT2D eigenvalue weighted by molar-refractivity contribution is 8.26. The molecule has 1 aliphatic heterocycles. The number of nitrogens with zero attached hydrogens (tertiary/aromatic N) is 4. The van der Waals surface area contributed by atoms with Gasteiger partial charge in [0, 0.05) is 25.8 Å². The van der Waals surface area contributed by atoms with Gasteiger partial charge in [0.1, 0.15) is 15.8 Å². The predicted molar refractivity (Wildman–Crippen MR) is 153 cm³/mol. The van der Waals surface area contributed by atoms with Crippen LogP contribution >= 0.6 is 24.0 Å². The molecular formula is C27H30N4O4S2. The maximum absolute atomic E-state index is 13.6. The van der Waals surface area contributed by atoms with Gasteiger partial charge in [0.2, 0.25) is 0 Å². The lowest BCUT2D eigenvalue weighted by atomic mass is 10.1. The Morgan fingerprint density at radius 1 is 1.11 bits per heavy atom. The zero-order valence-electron chi connectivity index (χ0n) is 21.6. The van der Waals surface area contributed by atoms with E-state index in [2.05, 4.69) is 0 Å². The first-order valence-corrected chi connectivity index (χ1v) is 13.3. The summed E-state index contributed by atoms with van der Waals surface area (Å²) in [6.45, 7) is 7.73. The maximum atomic E-state index is 13.6. The summed E-state index contributed by atoms with van der Waals surface area (Å²) < 4.78 is 12.7. The van der Waals surface area contributed by atoms with E-state index in [4.69, 9.17) is 26.7 Å². The molecule has 0 saturated carbocycles. The van der Waals surface area contributed by atoms with Crippen LogP contribution in [0.4, 0.5) is 5.82 Å². The minimum atomic E-state index is -0.216. The highest BCUT2D eigenvalue weighted by atomic mass is 32.2. The van der Waals surface area contributed by atoms with E-state index in [-0.39, 0.29) is 11.5 Å². The molecule has 2 aromatic heterocycles. The number of hydrogen-bond donors (Lipinski definition) is 0. The third kappa shape index (κ3) is 5.21. The van der Waals surface area contributed by atoms with Gasteiger partial charge in [-0.25, -0.2) is 4.98 Å². The Bertz CT molecular complexity index is 1450. The molecule has 0 N–H and O–H groups in total. The number of carbonyl (C=O) groups excluding carboxylic acids is 1. The largest absolute Gasteiger partial charge is 0.493 e. The molecular weight excluding hydrogens is 508 g/mol. The molecule has 0 atom stereocenters. The summed E-state index contributed by atoms with van der Waals surface area (Å²) in [6, 6.07) is 9.42. The highest BCUT2D eigenvalue weighted by Gasteiger charge is 2.32. The Hall–Kier alpha value is -3.37. The molecule has 3 heterocycles. The number of ether oxygens (including phenoxy) is 2. The number of amides is 1. The van der Waals surface area contributed by atoms with E-state index in [1.165, 1.54) is 16.2 Å². The molecule has 8 nitrogen and oxygen atoms in total. The van der Waals surface area contributed by atoms with E-state index in [1.54, 1.807) is 31.4 Å². The van der Waals surface area contributed by atoms with E-state index < -0.39 is 0 Å². The molecule has 0 unspecified atom stereocenters. The first-order chi connectivity index (χ1) is 17.8. The quantitative estimate of drug-likeness (QED) is 0.295. The van der Waals surface area contributed by atoms with Crippen LogP contribution in [0.3, 0.4) is 0 Å². The molecule has 194 valence electrons. The van der Waals surface area contributed by atoms with Crippen LogP contribution in [-0.4, -0.2) is 58.4 Å². The number of fused-ring (bicyclic) bond motifs is 1. The third-order valence-corrected chi connectivity index (χ3v) is 7.73. The molecule has 0 aliphatic carbocycles. The molecule has 1 amide bonds. The number of benzene rings is 1. The van der Waals surface area contributed by atoms with Gasteiger partial charge in [-0.3, -0.25) is 18.9 Å². The Kier molecular flexibility index (Phi) is 8.19. The van der Waals surface area contributed by atoms with Crippen molar-refractivity contribution in [3.63, 3.8) is 0 Å². The minimum absolute atomic E-state index is 0.213. The monoisotopic (exact) mass is 538 g/mol. The predicted octanol–water partition coefficient (Wildman–Crippen LogP) is 4.31. The first kappa shape index (κ1) is 26.7. The second-order valence-electron chi connectivity index (χ2n) is 8.48. The zero-order chi connectivity index (χ0) is 26.7. The summed E-state index contributed by atoms with van der Waals surface area (Å²) in [6.07, 6.45) is 3.94. The van der Waals surface area contributed by atoms with Crippen molar-refractivity contribution in [1.82, 2.24) is 14.3 Å². The number of pyridine rings is 1. The van der Waals surface area contributed by atoms with Crippen LogP contribution in [0.2, 0.25) is 0 Å². The van der Waals surface area contributed by atoms with Crippen molar-refractivity contribution in [1.29, 1.82) is 0 Å². The first-order valence-electron chi connectivity index (χ1n) is 12.1. The van der Waals surface area contributed by atoms with E-state index in [0.29, 0.717) is 63.8 Å². The SMILES string of the molecule is CCN(CC)c1nc2c(C)cccn2c(=O)c1C=C1SC(=S)N(CCc2ccc(OC)c(OC)c2)C1=O. The summed E-state index contributed by atoms with van der Waals surface area (Å²) >= 11 is 6.75. The van der Waals surface area contributed by atoms with Crippen molar-refractivity contribution in [3.8, 4) is 11.5 Å². The van der Waals surface area contributed by atoms with Crippen LogP contribution in [0.25, 0.3) is 11.7 Å². The second-order valence-corrected chi connectivity index (χ2v) is 10.2. The van der Waals surface area contributed by atoms with E-state index >= 15 is 0 Å².